The Kier molecular flexibility index (Phi) is 6.97. The van der Waals surface area contributed by atoms with Crippen LogP contribution in [0.1, 0.15) is 59.8 Å². The lowest BCUT2D eigenvalue weighted by atomic mass is 10.1. The van der Waals surface area contributed by atoms with Crippen LogP contribution in [0.25, 0.3) is 0 Å². The number of hydrogen-bond donors (Lipinski definition) is 1. The zero-order valence-electron chi connectivity index (χ0n) is 13.8. The predicted octanol–water partition coefficient (Wildman–Crippen LogP) is 2.56. The van der Waals surface area contributed by atoms with E-state index in [0.717, 1.165) is 32.1 Å². The summed E-state index contributed by atoms with van der Waals surface area (Å²) in [6.07, 6.45) is 5.22. The van der Waals surface area contributed by atoms with Crippen molar-refractivity contribution in [3.8, 4) is 0 Å². The fraction of sp³-hybridized carbons (Fsp3) is 0.933. The second kappa shape index (κ2) is 8.01. The standard InChI is InChI=1S/C15H30N2O3S/c1-5-7-9-14(8-6-2)16-15(18)17-10-11-21(19,20)13(4)12(17)3/h12-14H,5-11H2,1-4H3,(H,16,18)/t12-,13-,14-/m0/s1. The van der Waals surface area contributed by atoms with Gasteiger partial charge in [0.1, 0.15) is 0 Å². The van der Waals surface area contributed by atoms with Gasteiger partial charge in [-0.2, -0.15) is 0 Å². The highest BCUT2D eigenvalue weighted by molar-refractivity contribution is 7.92. The van der Waals surface area contributed by atoms with Crippen molar-refractivity contribution in [1.82, 2.24) is 10.2 Å². The van der Waals surface area contributed by atoms with Crippen molar-refractivity contribution in [2.75, 3.05) is 12.3 Å². The minimum atomic E-state index is -3.05. The summed E-state index contributed by atoms with van der Waals surface area (Å²) >= 11 is 0. The van der Waals surface area contributed by atoms with Gasteiger partial charge >= 0.3 is 6.03 Å². The molecule has 1 aliphatic heterocycles. The molecule has 1 saturated heterocycles. The van der Waals surface area contributed by atoms with Gasteiger partial charge in [0.25, 0.3) is 0 Å². The van der Waals surface area contributed by atoms with Gasteiger partial charge in [-0.3, -0.25) is 0 Å². The molecule has 1 fully saturated rings. The van der Waals surface area contributed by atoms with Crippen molar-refractivity contribution in [3.63, 3.8) is 0 Å². The molecule has 1 heterocycles. The van der Waals surface area contributed by atoms with Gasteiger partial charge in [-0.25, -0.2) is 13.2 Å². The molecule has 0 saturated carbocycles. The number of sulfone groups is 1. The molecule has 3 atom stereocenters. The van der Waals surface area contributed by atoms with E-state index in [2.05, 4.69) is 19.2 Å². The number of carbonyl (C=O) groups excluding carboxylic acids is 1. The molecule has 0 bridgehead atoms. The molecule has 0 spiro atoms. The third-order valence-corrected chi connectivity index (χ3v) is 6.76. The second-order valence-corrected chi connectivity index (χ2v) is 8.56. The van der Waals surface area contributed by atoms with Crippen molar-refractivity contribution >= 4 is 15.9 Å². The number of carbonyl (C=O) groups is 1. The maximum Gasteiger partial charge on any atom is 0.317 e. The first-order chi connectivity index (χ1) is 9.83. The van der Waals surface area contributed by atoms with Gasteiger partial charge < -0.3 is 10.2 Å². The third-order valence-electron chi connectivity index (χ3n) is 4.49. The van der Waals surface area contributed by atoms with E-state index in [4.69, 9.17) is 0 Å². The average molecular weight is 318 g/mol. The van der Waals surface area contributed by atoms with E-state index in [-0.39, 0.29) is 23.9 Å². The summed E-state index contributed by atoms with van der Waals surface area (Å²) in [5.41, 5.74) is 0. The first kappa shape index (κ1) is 18.3. The summed E-state index contributed by atoms with van der Waals surface area (Å²) in [6, 6.07) is -0.181. The fourth-order valence-electron chi connectivity index (χ4n) is 2.80. The van der Waals surface area contributed by atoms with E-state index in [1.54, 1.807) is 11.8 Å². The molecule has 1 N–H and O–H groups in total. The zero-order chi connectivity index (χ0) is 16.0. The highest BCUT2D eigenvalue weighted by Crippen LogP contribution is 2.19. The molecule has 0 unspecified atom stereocenters. The van der Waals surface area contributed by atoms with E-state index in [1.807, 2.05) is 6.92 Å². The number of amides is 2. The smallest absolute Gasteiger partial charge is 0.317 e. The minimum absolute atomic E-state index is 0.0688. The number of nitrogens with one attached hydrogen (secondary N) is 1. The first-order valence-corrected chi connectivity index (χ1v) is 9.83. The van der Waals surface area contributed by atoms with Crippen LogP contribution in [0.4, 0.5) is 4.79 Å². The maximum absolute atomic E-state index is 12.4. The van der Waals surface area contributed by atoms with Crippen LogP contribution in [0.3, 0.4) is 0 Å². The summed E-state index contributed by atoms with van der Waals surface area (Å²) < 4.78 is 23.7. The van der Waals surface area contributed by atoms with Crippen LogP contribution in [-0.2, 0) is 9.84 Å². The van der Waals surface area contributed by atoms with Crippen LogP contribution >= 0.6 is 0 Å². The molecular formula is C15H30N2O3S. The summed E-state index contributed by atoms with van der Waals surface area (Å²) in [5, 5.41) is 2.60. The maximum atomic E-state index is 12.4. The van der Waals surface area contributed by atoms with Gasteiger partial charge in [-0.05, 0) is 26.7 Å². The Hall–Kier alpha value is -0.780. The van der Waals surface area contributed by atoms with Gasteiger partial charge in [-0.15, -0.1) is 0 Å². The Morgan fingerprint density at radius 3 is 2.48 bits per heavy atom. The molecule has 0 radical (unpaired) electrons. The summed E-state index contributed by atoms with van der Waals surface area (Å²) in [4.78, 5) is 14.1. The summed E-state index contributed by atoms with van der Waals surface area (Å²) in [7, 11) is -3.05. The van der Waals surface area contributed by atoms with E-state index in [1.165, 1.54) is 0 Å². The normalized spacial score (nSPS) is 26.4. The van der Waals surface area contributed by atoms with Crippen LogP contribution in [0, 0.1) is 0 Å². The molecule has 1 rings (SSSR count). The fourth-order valence-corrected chi connectivity index (χ4v) is 4.37. The third kappa shape index (κ3) is 4.87. The van der Waals surface area contributed by atoms with E-state index in [9.17, 15) is 13.2 Å². The second-order valence-electron chi connectivity index (χ2n) is 6.08. The van der Waals surface area contributed by atoms with Crippen LogP contribution in [0.5, 0.6) is 0 Å². The van der Waals surface area contributed by atoms with Crippen LogP contribution in [0.15, 0.2) is 0 Å². The largest absolute Gasteiger partial charge is 0.335 e. The summed E-state index contributed by atoms with van der Waals surface area (Å²) in [5.74, 6) is 0.0688. The molecule has 0 aromatic rings. The van der Waals surface area contributed by atoms with Gasteiger partial charge in [0, 0.05) is 18.6 Å². The van der Waals surface area contributed by atoms with Crippen molar-refractivity contribution in [2.24, 2.45) is 0 Å². The van der Waals surface area contributed by atoms with Crippen LogP contribution < -0.4 is 5.32 Å². The van der Waals surface area contributed by atoms with Gasteiger partial charge in [0.15, 0.2) is 9.84 Å². The molecule has 2 amide bonds. The van der Waals surface area contributed by atoms with E-state index >= 15 is 0 Å². The van der Waals surface area contributed by atoms with E-state index < -0.39 is 15.1 Å². The van der Waals surface area contributed by atoms with Crippen LogP contribution in [0.2, 0.25) is 0 Å². The Balaban J connectivity index is 2.65. The van der Waals surface area contributed by atoms with Crippen molar-refractivity contribution in [3.05, 3.63) is 0 Å². The highest BCUT2D eigenvalue weighted by atomic mass is 32.2. The lowest BCUT2D eigenvalue weighted by molar-refractivity contribution is 0.172. The van der Waals surface area contributed by atoms with Crippen LogP contribution in [-0.4, -0.2) is 49.0 Å². The Labute approximate surface area is 129 Å². The molecule has 1 aliphatic rings. The first-order valence-electron chi connectivity index (χ1n) is 8.12. The minimum Gasteiger partial charge on any atom is -0.335 e. The van der Waals surface area contributed by atoms with Crippen molar-refractivity contribution in [2.45, 2.75) is 77.1 Å². The lowest BCUT2D eigenvalue weighted by Gasteiger charge is -2.38. The molecule has 124 valence electrons. The molecule has 21 heavy (non-hydrogen) atoms. The topological polar surface area (TPSA) is 66.5 Å². The predicted molar refractivity (Wildman–Crippen MR) is 86.2 cm³/mol. The van der Waals surface area contributed by atoms with Gasteiger partial charge in [-0.1, -0.05) is 33.1 Å². The number of unbranched alkanes of at least 4 members (excludes halogenated alkanes) is 1. The summed E-state index contributed by atoms with van der Waals surface area (Å²) in [6.45, 7) is 8.07. The molecular weight excluding hydrogens is 288 g/mol. The lowest BCUT2D eigenvalue weighted by Crippen LogP contribution is -2.58. The highest BCUT2D eigenvalue weighted by Gasteiger charge is 2.38. The number of hydrogen-bond acceptors (Lipinski definition) is 3. The quantitative estimate of drug-likeness (QED) is 0.818. The van der Waals surface area contributed by atoms with Crippen molar-refractivity contribution < 1.29 is 13.2 Å². The van der Waals surface area contributed by atoms with Gasteiger partial charge in [0.05, 0.1) is 11.0 Å². The average Bonchev–Trinajstić information content (AvgIpc) is 2.42. The molecule has 0 aliphatic carbocycles. The van der Waals surface area contributed by atoms with E-state index in [0.29, 0.717) is 6.54 Å². The molecule has 6 heteroatoms. The molecule has 0 aromatic carbocycles. The molecule has 0 aromatic heterocycles. The zero-order valence-corrected chi connectivity index (χ0v) is 14.6. The molecule has 5 nitrogen and oxygen atoms in total. The Bertz CT molecular complexity index is 436. The SMILES string of the molecule is CCCC[C@H](CCC)NC(=O)N1CCS(=O)(=O)[C@@H](C)[C@@H]1C. The number of rotatable bonds is 6. The number of urea groups is 1. The number of nitrogens with zero attached hydrogens (tertiary/aromatic N) is 1. The van der Waals surface area contributed by atoms with Gasteiger partial charge in [0.2, 0.25) is 0 Å². The van der Waals surface area contributed by atoms with Crippen molar-refractivity contribution in [1.29, 1.82) is 0 Å². The monoisotopic (exact) mass is 318 g/mol. The Morgan fingerprint density at radius 2 is 1.90 bits per heavy atom. The Morgan fingerprint density at radius 1 is 1.24 bits per heavy atom.